The summed E-state index contributed by atoms with van der Waals surface area (Å²) in [4.78, 5) is 4.35. The van der Waals surface area contributed by atoms with Crippen LogP contribution in [0.15, 0.2) is 47.4 Å². The Morgan fingerprint density at radius 2 is 1.91 bits per heavy atom. The first kappa shape index (κ1) is 14.5. The molecule has 7 heteroatoms. The van der Waals surface area contributed by atoms with Crippen molar-refractivity contribution in [2.24, 2.45) is 7.05 Å². The maximum absolute atomic E-state index is 13.6. The van der Waals surface area contributed by atoms with Crippen LogP contribution < -0.4 is 4.72 Å². The van der Waals surface area contributed by atoms with E-state index in [0.29, 0.717) is 5.52 Å². The summed E-state index contributed by atoms with van der Waals surface area (Å²) < 4.78 is 42.5. The van der Waals surface area contributed by atoms with E-state index in [1.165, 1.54) is 30.3 Å². The molecule has 0 aliphatic rings. The quantitative estimate of drug-likeness (QED) is 0.807. The second-order valence-corrected chi connectivity index (χ2v) is 6.64. The lowest BCUT2D eigenvalue weighted by Crippen LogP contribution is -2.13. The molecule has 0 atom stereocenters. The number of anilines is 1. The Bertz CT molecular complexity index is 964. The van der Waals surface area contributed by atoms with Crippen LogP contribution in [0.2, 0.25) is 0 Å². The molecule has 0 fully saturated rings. The Kier molecular flexibility index (Phi) is 3.37. The standard InChI is InChI=1S/C15H14FN3O2S/c1-10-17-14-9-11(7-8-15(14)19(10)2)22(20,21)18-13-6-4-3-5-12(13)16/h3-9,18H,1-2H3. The van der Waals surface area contributed by atoms with Crippen molar-refractivity contribution in [2.75, 3.05) is 4.72 Å². The second-order valence-electron chi connectivity index (χ2n) is 4.95. The van der Waals surface area contributed by atoms with Gasteiger partial charge in [-0.05, 0) is 37.3 Å². The first-order valence-corrected chi connectivity index (χ1v) is 8.07. The van der Waals surface area contributed by atoms with Crippen molar-refractivity contribution in [3.05, 3.63) is 54.1 Å². The Balaban J connectivity index is 2.04. The van der Waals surface area contributed by atoms with Crippen molar-refractivity contribution in [3.63, 3.8) is 0 Å². The maximum atomic E-state index is 13.6. The third-order valence-electron chi connectivity index (χ3n) is 3.50. The number of hydrogen-bond acceptors (Lipinski definition) is 3. The molecule has 0 amide bonds. The molecule has 0 saturated heterocycles. The van der Waals surface area contributed by atoms with Gasteiger partial charge in [0.2, 0.25) is 0 Å². The normalized spacial score (nSPS) is 11.8. The van der Waals surface area contributed by atoms with Crippen LogP contribution in [0, 0.1) is 12.7 Å². The van der Waals surface area contributed by atoms with E-state index in [4.69, 9.17) is 0 Å². The van der Waals surface area contributed by atoms with Crippen molar-refractivity contribution in [3.8, 4) is 0 Å². The number of aryl methyl sites for hydroxylation is 2. The molecule has 0 bridgehead atoms. The van der Waals surface area contributed by atoms with Crippen molar-refractivity contribution in [2.45, 2.75) is 11.8 Å². The summed E-state index contributed by atoms with van der Waals surface area (Å²) in [5.41, 5.74) is 1.33. The van der Waals surface area contributed by atoms with Crippen LogP contribution in [0.3, 0.4) is 0 Å². The molecule has 1 heterocycles. The van der Waals surface area contributed by atoms with E-state index in [0.717, 1.165) is 11.3 Å². The van der Waals surface area contributed by atoms with Crippen LogP contribution in [-0.4, -0.2) is 18.0 Å². The largest absolute Gasteiger partial charge is 0.331 e. The number of sulfonamides is 1. The molecule has 22 heavy (non-hydrogen) atoms. The van der Waals surface area contributed by atoms with E-state index in [1.807, 2.05) is 18.5 Å². The molecule has 0 radical (unpaired) electrons. The van der Waals surface area contributed by atoms with Crippen molar-refractivity contribution in [1.29, 1.82) is 0 Å². The van der Waals surface area contributed by atoms with Gasteiger partial charge in [0.05, 0.1) is 21.6 Å². The minimum Gasteiger partial charge on any atom is -0.331 e. The van der Waals surface area contributed by atoms with Crippen LogP contribution >= 0.6 is 0 Å². The lowest BCUT2D eigenvalue weighted by Gasteiger charge is -2.09. The third kappa shape index (κ3) is 2.43. The summed E-state index contributed by atoms with van der Waals surface area (Å²) >= 11 is 0. The van der Waals surface area contributed by atoms with Crippen LogP contribution in [0.4, 0.5) is 10.1 Å². The van der Waals surface area contributed by atoms with Crippen LogP contribution in [-0.2, 0) is 17.1 Å². The molecule has 0 aliphatic carbocycles. The van der Waals surface area contributed by atoms with Crippen LogP contribution in [0.25, 0.3) is 11.0 Å². The molecule has 2 aromatic carbocycles. The van der Waals surface area contributed by atoms with Gasteiger partial charge in [-0.25, -0.2) is 17.8 Å². The molecular formula is C15H14FN3O2S. The molecule has 5 nitrogen and oxygen atoms in total. The van der Waals surface area contributed by atoms with Gasteiger partial charge in [-0.3, -0.25) is 4.72 Å². The van der Waals surface area contributed by atoms with E-state index in [1.54, 1.807) is 12.1 Å². The highest BCUT2D eigenvalue weighted by Gasteiger charge is 2.17. The topological polar surface area (TPSA) is 64.0 Å². The molecular weight excluding hydrogens is 305 g/mol. The monoisotopic (exact) mass is 319 g/mol. The molecule has 0 aliphatic heterocycles. The maximum Gasteiger partial charge on any atom is 0.262 e. The minimum atomic E-state index is -3.87. The number of halogens is 1. The Hall–Kier alpha value is -2.41. The van der Waals surface area contributed by atoms with Crippen molar-refractivity contribution >= 4 is 26.7 Å². The number of nitrogens with zero attached hydrogens (tertiary/aromatic N) is 2. The lowest BCUT2D eigenvalue weighted by molar-refractivity contribution is 0.598. The Labute approximate surface area is 127 Å². The molecule has 0 unspecified atom stereocenters. The summed E-state index contributed by atoms with van der Waals surface area (Å²) in [7, 11) is -2.01. The van der Waals surface area contributed by atoms with Crippen molar-refractivity contribution in [1.82, 2.24) is 9.55 Å². The first-order chi connectivity index (χ1) is 10.4. The van der Waals surface area contributed by atoms with E-state index < -0.39 is 15.8 Å². The number of benzene rings is 2. The lowest BCUT2D eigenvalue weighted by atomic mass is 10.3. The summed E-state index contributed by atoms with van der Waals surface area (Å²) in [5, 5.41) is 0. The van der Waals surface area contributed by atoms with Crippen molar-refractivity contribution < 1.29 is 12.8 Å². The highest BCUT2D eigenvalue weighted by Crippen LogP contribution is 2.22. The van der Waals surface area contributed by atoms with Gasteiger partial charge in [-0.2, -0.15) is 0 Å². The SMILES string of the molecule is Cc1nc2cc(S(=O)(=O)Nc3ccccc3F)ccc2n1C. The molecule has 0 saturated carbocycles. The molecule has 3 rings (SSSR count). The average molecular weight is 319 g/mol. The summed E-state index contributed by atoms with van der Waals surface area (Å²) in [5.74, 6) is 0.160. The zero-order valence-electron chi connectivity index (χ0n) is 12.0. The number of aromatic nitrogens is 2. The summed E-state index contributed by atoms with van der Waals surface area (Å²) in [6.45, 7) is 1.84. The summed E-state index contributed by atoms with van der Waals surface area (Å²) in [6, 6.07) is 10.3. The number of fused-ring (bicyclic) bond motifs is 1. The molecule has 0 spiro atoms. The van der Waals surface area contributed by atoms with Gasteiger partial charge in [-0.1, -0.05) is 12.1 Å². The molecule has 1 aromatic heterocycles. The Morgan fingerprint density at radius 3 is 2.64 bits per heavy atom. The van der Waals surface area contributed by atoms with E-state index in [9.17, 15) is 12.8 Å². The van der Waals surface area contributed by atoms with Gasteiger partial charge in [0.25, 0.3) is 10.0 Å². The van der Waals surface area contributed by atoms with Gasteiger partial charge in [0.15, 0.2) is 0 Å². The highest BCUT2D eigenvalue weighted by molar-refractivity contribution is 7.92. The van der Waals surface area contributed by atoms with Gasteiger partial charge in [-0.15, -0.1) is 0 Å². The molecule has 3 aromatic rings. The third-order valence-corrected chi connectivity index (χ3v) is 4.87. The predicted molar refractivity (Wildman–Crippen MR) is 82.7 cm³/mol. The average Bonchev–Trinajstić information content (AvgIpc) is 2.76. The van der Waals surface area contributed by atoms with E-state index in [-0.39, 0.29) is 10.6 Å². The fraction of sp³-hybridized carbons (Fsp3) is 0.133. The Morgan fingerprint density at radius 1 is 1.18 bits per heavy atom. The van der Waals surface area contributed by atoms with Gasteiger partial charge < -0.3 is 4.57 Å². The second kappa shape index (κ2) is 5.10. The van der Waals surface area contributed by atoms with E-state index >= 15 is 0 Å². The number of hydrogen-bond donors (Lipinski definition) is 1. The van der Waals surface area contributed by atoms with Gasteiger partial charge in [0, 0.05) is 7.05 Å². The summed E-state index contributed by atoms with van der Waals surface area (Å²) in [6.07, 6.45) is 0. The number of rotatable bonds is 3. The van der Waals surface area contributed by atoms with Crippen LogP contribution in [0.1, 0.15) is 5.82 Å². The number of nitrogens with one attached hydrogen (secondary N) is 1. The zero-order valence-corrected chi connectivity index (χ0v) is 12.9. The predicted octanol–water partition coefficient (Wildman–Crippen LogP) is 2.82. The van der Waals surface area contributed by atoms with Gasteiger partial charge in [0.1, 0.15) is 11.6 Å². The molecule has 114 valence electrons. The highest BCUT2D eigenvalue weighted by atomic mass is 32.2. The smallest absolute Gasteiger partial charge is 0.262 e. The van der Waals surface area contributed by atoms with Gasteiger partial charge >= 0.3 is 0 Å². The number of imidazole rings is 1. The van der Waals surface area contributed by atoms with Crippen LogP contribution in [0.5, 0.6) is 0 Å². The zero-order chi connectivity index (χ0) is 15.9. The van der Waals surface area contributed by atoms with E-state index in [2.05, 4.69) is 9.71 Å². The molecule has 1 N–H and O–H groups in total. The first-order valence-electron chi connectivity index (χ1n) is 6.59. The fourth-order valence-corrected chi connectivity index (χ4v) is 3.30. The minimum absolute atomic E-state index is 0.0429. The fourth-order valence-electron chi connectivity index (χ4n) is 2.21. The number of para-hydroxylation sites is 1.